The van der Waals surface area contributed by atoms with Crippen LogP contribution in [0.3, 0.4) is 0 Å². The number of benzene rings is 2. The number of nitrogens with one attached hydrogen (secondary N) is 1. The van der Waals surface area contributed by atoms with E-state index in [4.69, 9.17) is 28.5 Å². The SMILES string of the molecule is N#Cc1cc(F)c(Nc2ccc(Cl)cc2Cl)c(F)c1. The van der Waals surface area contributed by atoms with Gasteiger partial charge in [-0.15, -0.1) is 0 Å². The van der Waals surface area contributed by atoms with Crippen molar-refractivity contribution in [1.29, 1.82) is 5.26 Å². The normalized spacial score (nSPS) is 10.1. The molecule has 0 saturated carbocycles. The molecule has 2 aromatic rings. The molecule has 0 atom stereocenters. The lowest BCUT2D eigenvalue weighted by atomic mass is 10.2. The van der Waals surface area contributed by atoms with Crippen molar-refractivity contribution < 1.29 is 8.78 Å². The third-order valence-electron chi connectivity index (χ3n) is 2.36. The highest BCUT2D eigenvalue weighted by Crippen LogP contribution is 2.30. The molecule has 1 N–H and O–H groups in total. The number of nitriles is 1. The predicted octanol–water partition coefficient (Wildman–Crippen LogP) is 4.89. The number of halogens is 4. The van der Waals surface area contributed by atoms with Gasteiger partial charge in [0.25, 0.3) is 0 Å². The Labute approximate surface area is 118 Å². The van der Waals surface area contributed by atoms with Gasteiger partial charge >= 0.3 is 0 Å². The van der Waals surface area contributed by atoms with Gasteiger partial charge < -0.3 is 5.32 Å². The minimum absolute atomic E-state index is 0.0947. The number of hydrogen-bond acceptors (Lipinski definition) is 2. The van der Waals surface area contributed by atoms with Crippen molar-refractivity contribution in [3.63, 3.8) is 0 Å². The van der Waals surface area contributed by atoms with Crippen LogP contribution in [0.25, 0.3) is 0 Å². The molecule has 0 aliphatic heterocycles. The molecule has 0 fully saturated rings. The van der Waals surface area contributed by atoms with E-state index in [1.165, 1.54) is 18.2 Å². The zero-order valence-corrected chi connectivity index (χ0v) is 10.9. The van der Waals surface area contributed by atoms with Crippen molar-refractivity contribution in [2.24, 2.45) is 0 Å². The number of rotatable bonds is 2. The zero-order chi connectivity index (χ0) is 14.0. The van der Waals surface area contributed by atoms with Crippen LogP contribution in [-0.2, 0) is 0 Å². The van der Waals surface area contributed by atoms with E-state index >= 15 is 0 Å². The highest BCUT2D eigenvalue weighted by Gasteiger charge is 2.13. The molecule has 2 aromatic carbocycles. The van der Waals surface area contributed by atoms with E-state index in [0.717, 1.165) is 12.1 Å². The van der Waals surface area contributed by atoms with Gasteiger partial charge in [-0.05, 0) is 30.3 Å². The molecule has 6 heteroatoms. The Morgan fingerprint density at radius 1 is 1.05 bits per heavy atom. The lowest BCUT2D eigenvalue weighted by Crippen LogP contribution is -1.99. The maximum absolute atomic E-state index is 13.7. The largest absolute Gasteiger partial charge is 0.350 e. The van der Waals surface area contributed by atoms with Gasteiger partial charge in [-0.25, -0.2) is 8.78 Å². The molecule has 0 saturated heterocycles. The number of anilines is 2. The molecule has 0 bridgehead atoms. The molecule has 0 aliphatic rings. The average Bonchev–Trinajstić information content (AvgIpc) is 2.35. The summed E-state index contributed by atoms with van der Waals surface area (Å²) >= 11 is 11.6. The molecule has 96 valence electrons. The van der Waals surface area contributed by atoms with Gasteiger partial charge in [0, 0.05) is 5.02 Å². The first kappa shape index (κ1) is 13.6. The summed E-state index contributed by atoms with van der Waals surface area (Å²) in [5, 5.41) is 11.8. The van der Waals surface area contributed by atoms with Gasteiger partial charge in [-0.3, -0.25) is 0 Å². The second-order valence-corrected chi connectivity index (χ2v) is 4.52. The predicted molar refractivity (Wildman–Crippen MR) is 70.8 cm³/mol. The summed E-state index contributed by atoms with van der Waals surface area (Å²) in [7, 11) is 0. The van der Waals surface area contributed by atoms with Crippen LogP contribution in [0.5, 0.6) is 0 Å². The minimum atomic E-state index is -0.873. The molecule has 0 heterocycles. The Kier molecular flexibility index (Phi) is 3.89. The van der Waals surface area contributed by atoms with E-state index in [-0.39, 0.29) is 16.3 Å². The van der Waals surface area contributed by atoms with E-state index < -0.39 is 11.6 Å². The fourth-order valence-corrected chi connectivity index (χ4v) is 1.94. The topological polar surface area (TPSA) is 35.8 Å². The summed E-state index contributed by atoms with van der Waals surface area (Å²) in [6, 6.07) is 8.03. The molecule has 19 heavy (non-hydrogen) atoms. The van der Waals surface area contributed by atoms with Gasteiger partial charge in [0.2, 0.25) is 0 Å². The molecule has 0 unspecified atom stereocenters. The third kappa shape index (κ3) is 2.95. The molecule has 0 amide bonds. The summed E-state index contributed by atoms with van der Waals surface area (Å²) in [5.74, 6) is -1.75. The third-order valence-corrected chi connectivity index (χ3v) is 2.91. The van der Waals surface area contributed by atoms with Crippen LogP contribution in [0.1, 0.15) is 5.56 Å². The Morgan fingerprint density at radius 3 is 2.21 bits per heavy atom. The highest BCUT2D eigenvalue weighted by molar-refractivity contribution is 6.36. The van der Waals surface area contributed by atoms with Crippen molar-refractivity contribution >= 4 is 34.6 Å². The lowest BCUT2D eigenvalue weighted by molar-refractivity contribution is 0.590. The van der Waals surface area contributed by atoms with Crippen LogP contribution in [0.2, 0.25) is 10.0 Å². The molecule has 2 nitrogen and oxygen atoms in total. The smallest absolute Gasteiger partial charge is 0.150 e. The molecule has 0 aromatic heterocycles. The number of hydrogen-bond donors (Lipinski definition) is 1. The summed E-state index contributed by atoms with van der Waals surface area (Å²) in [6.45, 7) is 0. The maximum atomic E-state index is 13.7. The van der Waals surface area contributed by atoms with E-state index in [1.807, 2.05) is 0 Å². The summed E-state index contributed by atoms with van der Waals surface area (Å²) in [6.07, 6.45) is 0. The first-order valence-electron chi connectivity index (χ1n) is 5.12. The molecule has 0 aliphatic carbocycles. The van der Waals surface area contributed by atoms with Crippen molar-refractivity contribution in [2.75, 3.05) is 5.32 Å². The Hall–Kier alpha value is -1.83. The van der Waals surface area contributed by atoms with E-state index in [1.54, 1.807) is 6.07 Å². The summed E-state index contributed by atoms with van der Waals surface area (Å²) in [4.78, 5) is 0. The van der Waals surface area contributed by atoms with E-state index in [0.29, 0.717) is 10.7 Å². The van der Waals surface area contributed by atoms with Crippen LogP contribution >= 0.6 is 23.2 Å². The molecule has 2 rings (SSSR count). The van der Waals surface area contributed by atoms with Crippen molar-refractivity contribution in [3.8, 4) is 6.07 Å². The maximum Gasteiger partial charge on any atom is 0.150 e. The van der Waals surface area contributed by atoms with Crippen LogP contribution in [0, 0.1) is 23.0 Å². The minimum Gasteiger partial charge on any atom is -0.350 e. The van der Waals surface area contributed by atoms with Crippen LogP contribution in [-0.4, -0.2) is 0 Å². The quantitative estimate of drug-likeness (QED) is 0.857. The first-order valence-corrected chi connectivity index (χ1v) is 5.88. The van der Waals surface area contributed by atoms with E-state index in [2.05, 4.69) is 5.32 Å². The Morgan fingerprint density at radius 2 is 1.68 bits per heavy atom. The van der Waals surface area contributed by atoms with Gasteiger partial charge in [0.15, 0.2) is 11.6 Å². The van der Waals surface area contributed by atoms with Crippen molar-refractivity contribution in [2.45, 2.75) is 0 Å². The van der Waals surface area contributed by atoms with E-state index in [9.17, 15) is 8.78 Å². The van der Waals surface area contributed by atoms with Gasteiger partial charge in [0.05, 0.1) is 22.3 Å². The fraction of sp³-hybridized carbons (Fsp3) is 0. The average molecular weight is 299 g/mol. The van der Waals surface area contributed by atoms with Crippen LogP contribution < -0.4 is 5.32 Å². The van der Waals surface area contributed by atoms with Crippen molar-refractivity contribution in [1.82, 2.24) is 0 Å². The number of nitrogens with zero attached hydrogens (tertiary/aromatic N) is 1. The standard InChI is InChI=1S/C13H6Cl2F2N2/c14-8-1-2-12(9(15)5-8)19-13-10(16)3-7(6-18)4-11(13)17/h1-5,19H. The fourth-order valence-electron chi connectivity index (χ4n) is 1.48. The zero-order valence-electron chi connectivity index (χ0n) is 9.35. The monoisotopic (exact) mass is 298 g/mol. The molecule has 0 radical (unpaired) electrons. The highest BCUT2D eigenvalue weighted by atomic mass is 35.5. The lowest BCUT2D eigenvalue weighted by Gasteiger charge is -2.10. The second-order valence-electron chi connectivity index (χ2n) is 3.68. The van der Waals surface area contributed by atoms with Gasteiger partial charge in [-0.1, -0.05) is 23.2 Å². The summed E-state index contributed by atoms with van der Waals surface area (Å²) in [5.41, 5.74) is -0.153. The molecular weight excluding hydrogens is 293 g/mol. The molecule has 0 spiro atoms. The van der Waals surface area contributed by atoms with Crippen molar-refractivity contribution in [3.05, 3.63) is 57.6 Å². The van der Waals surface area contributed by atoms with Gasteiger partial charge in [-0.2, -0.15) is 5.26 Å². The first-order chi connectivity index (χ1) is 9.01. The van der Waals surface area contributed by atoms with Crippen LogP contribution in [0.15, 0.2) is 30.3 Å². The summed E-state index contributed by atoms with van der Waals surface area (Å²) < 4.78 is 27.3. The Balaban J connectivity index is 2.41. The van der Waals surface area contributed by atoms with Gasteiger partial charge in [0.1, 0.15) is 5.69 Å². The Bertz CT molecular complexity index is 658. The second kappa shape index (κ2) is 5.43. The molecular formula is C13H6Cl2F2N2. The van der Waals surface area contributed by atoms with Crippen LogP contribution in [0.4, 0.5) is 20.2 Å².